The first-order chi connectivity index (χ1) is 10.2. The Morgan fingerprint density at radius 1 is 1.05 bits per heavy atom. The van der Waals surface area contributed by atoms with Crippen molar-refractivity contribution in [2.45, 2.75) is 5.03 Å². The van der Waals surface area contributed by atoms with E-state index in [1.807, 2.05) is 54.6 Å². The predicted molar refractivity (Wildman–Crippen MR) is 86.8 cm³/mol. The van der Waals surface area contributed by atoms with E-state index in [-0.39, 0.29) is 0 Å². The fourth-order valence-electron chi connectivity index (χ4n) is 2.07. The summed E-state index contributed by atoms with van der Waals surface area (Å²) in [6.45, 7) is 0. The number of halogens is 1. The second-order valence-corrected chi connectivity index (χ2v) is 6.66. The maximum Gasteiger partial charge on any atom is 0.177 e. The number of aromatic nitrogens is 3. The Balaban J connectivity index is 2.23. The highest BCUT2D eigenvalue weighted by atomic mass is 79.9. The lowest BCUT2D eigenvalue weighted by atomic mass is 10.1. The minimum Gasteiger partial charge on any atom is -0.253 e. The third-order valence-corrected chi connectivity index (χ3v) is 4.38. The van der Waals surface area contributed by atoms with Crippen LogP contribution >= 0.6 is 15.9 Å². The van der Waals surface area contributed by atoms with Crippen LogP contribution in [0.15, 0.2) is 64.1 Å². The van der Waals surface area contributed by atoms with Crippen molar-refractivity contribution in [2.24, 2.45) is 0 Å². The number of hydrogen-bond donors (Lipinski definition) is 0. The molecule has 2 aromatic carbocycles. The van der Waals surface area contributed by atoms with E-state index in [2.05, 4.69) is 26.2 Å². The molecule has 1 aromatic heterocycles. The Labute approximate surface area is 133 Å². The van der Waals surface area contributed by atoms with E-state index in [4.69, 9.17) is 0 Å². The number of hydrogen-bond acceptors (Lipinski definition) is 3. The van der Waals surface area contributed by atoms with Gasteiger partial charge in [-0.25, -0.2) is 4.68 Å². The van der Waals surface area contributed by atoms with Crippen molar-refractivity contribution >= 4 is 26.7 Å². The molecule has 3 rings (SSSR count). The largest absolute Gasteiger partial charge is 0.253 e. The highest BCUT2D eigenvalue weighted by Crippen LogP contribution is 2.28. The molecule has 0 fully saturated rings. The van der Waals surface area contributed by atoms with E-state index >= 15 is 0 Å². The molecule has 4 nitrogen and oxygen atoms in total. The molecule has 0 radical (unpaired) electrons. The van der Waals surface area contributed by atoms with Crippen LogP contribution in [0.25, 0.3) is 16.9 Å². The van der Waals surface area contributed by atoms with Gasteiger partial charge in [-0.2, -0.15) is 0 Å². The van der Waals surface area contributed by atoms with Crippen molar-refractivity contribution in [3.8, 4) is 16.9 Å². The van der Waals surface area contributed by atoms with Gasteiger partial charge in [0.15, 0.2) is 5.03 Å². The van der Waals surface area contributed by atoms with Crippen molar-refractivity contribution in [1.82, 2.24) is 15.0 Å². The minimum atomic E-state index is -1.21. The van der Waals surface area contributed by atoms with E-state index in [1.54, 1.807) is 10.9 Å². The smallest absolute Gasteiger partial charge is 0.177 e. The standard InChI is InChI=1S/C15H12BrN3OS/c1-21(20)15-14(11-7-9-12(16)10-8-11)19(18-17-15)13-5-3-2-4-6-13/h2-10H,1H3. The first-order valence-corrected chi connectivity index (χ1v) is 8.62. The molecule has 6 heteroatoms. The topological polar surface area (TPSA) is 47.8 Å². The minimum absolute atomic E-state index is 0.487. The molecule has 0 bridgehead atoms. The molecule has 0 N–H and O–H groups in total. The fourth-order valence-corrected chi connectivity index (χ4v) is 2.96. The molecule has 0 saturated heterocycles. The Kier molecular flexibility index (Phi) is 3.98. The third-order valence-electron chi connectivity index (χ3n) is 3.03. The van der Waals surface area contributed by atoms with Crippen LogP contribution in [0.2, 0.25) is 0 Å². The van der Waals surface area contributed by atoms with E-state index in [1.165, 1.54) is 0 Å². The van der Waals surface area contributed by atoms with Gasteiger partial charge in [-0.05, 0) is 24.3 Å². The molecule has 0 spiro atoms. The van der Waals surface area contributed by atoms with Crippen molar-refractivity contribution in [3.05, 3.63) is 59.1 Å². The predicted octanol–water partition coefficient (Wildman–Crippen LogP) is 3.43. The van der Waals surface area contributed by atoms with Crippen molar-refractivity contribution in [2.75, 3.05) is 6.26 Å². The Morgan fingerprint density at radius 3 is 2.33 bits per heavy atom. The third kappa shape index (κ3) is 2.82. The lowest BCUT2D eigenvalue weighted by molar-refractivity contribution is 0.683. The summed E-state index contributed by atoms with van der Waals surface area (Å²) in [5.74, 6) is 0. The lowest BCUT2D eigenvalue weighted by Crippen LogP contribution is -2.00. The van der Waals surface area contributed by atoms with Crippen LogP contribution in [0.1, 0.15) is 0 Å². The molecular weight excluding hydrogens is 350 g/mol. The zero-order valence-corrected chi connectivity index (χ0v) is 13.6. The Hall–Kier alpha value is -1.79. The summed E-state index contributed by atoms with van der Waals surface area (Å²) in [6, 6.07) is 17.5. The van der Waals surface area contributed by atoms with Crippen LogP contribution in [0.4, 0.5) is 0 Å². The van der Waals surface area contributed by atoms with Gasteiger partial charge in [0, 0.05) is 16.3 Å². The number of nitrogens with zero attached hydrogens (tertiary/aromatic N) is 3. The molecule has 1 unspecified atom stereocenters. The van der Waals surface area contributed by atoms with Gasteiger partial charge in [0.05, 0.1) is 16.5 Å². The zero-order chi connectivity index (χ0) is 14.8. The molecule has 1 heterocycles. The van der Waals surface area contributed by atoms with E-state index in [9.17, 15) is 4.21 Å². The second-order valence-electron chi connectivity index (χ2n) is 4.45. The summed E-state index contributed by atoms with van der Waals surface area (Å²) in [7, 11) is -1.21. The fraction of sp³-hybridized carbons (Fsp3) is 0.0667. The molecule has 0 aliphatic carbocycles. The highest BCUT2D eigenvalue weighted by Gasteiger charge is 2.18. The van der Waals surface area contributed by atoms with Gasteiger partial charge in [-0.3, -0.25) is 4.21 Å². The quantitative estimate of drug-likeness (QED) is 0.717. The lowest BCUT2D eigenvalue weighted by Gasteiger charge is -2.07. The molecule has 3 aromatic rings. The average Bonchev–Trinajstić information content (AvgIpc) is 2.94. The molecule has 0 saturated carbocycles. The van der Waals surface area contributed by atoms with Gasteiger partial charge in [0.25, 0.3) is 0 Å². The molecule has 0 aliphatic rings. The van der Waals surface area contributed by atoms with Crippen molar-refractivity contribution in [3.63, 3.8) is 0 Å². The average molecular weight is 362 g/mol. The van der Waals surface area contributed by atoms with Crippen LogP contribution in [0.3, 0.4) is 0 Å². The monoisotopic (exact) mass is 361 g/mol. The summed E-state index contributed by atoms with van der Waals surface area (Å²) < 4.78 is 14.6. The van der Waals surface area contributed by atoms with Crippen LogP contribution in [-0.4, -0.2) is 25.5 Å². The highest BCUT2D eigenvalue weighted by molar-refractivity contribution is 9.10. The van der Waals surface area contributed by atoms with Gasteiger partial charge in [0.1, 0.15) is 5.69 Å². The van der Waals surface area contributed by atoms with Gasteiger partial charge in [-0.1, -0.05) is 51.5 Å². The first-order valence-electron chi connectivity index (χ1n) is 6.27. The number of benzene rings is 2. The molecule has 21 heavy (non-hydrogen) atoms. The normalized spacial score (nSPS) is 12.3. The molecule has 106 valence electrons. The van der Waals surface area contributed by atoms with Crippen LogP contribution in [-0.2, 0) is 10.8 Å². The van der Waals surface area contributed by atoms with Crippen molar-refractivity contribution in [1.29, 1.82) is 0 Å². The molecule has 1 atom stereocenters. The van der Waals surface area contributed by atoms with Crippen LogP contribution < -0.4 is 0 Å². The van der Waals surface area contributed by atoms with E-state index in [0.717, 1.165) is 21.4 Å². The van der Waals surface area contributed by atoms with Gasteiger partial charge >= 0.3 is 0 Å². The zero-order valence-electron chi connectivity index (χ0n) is 11.2. The van der Waals surface area contributed by atoms with E-state index in [0.29, 0.717) is 5.03 Å². The van der Waals surface area contributed by atoms with Crippen LogP contribution in [0.5, 0.6) is 0 Å². The maximum atomic E-state index is 11.9. The maximum absolute atomic E-state index is 11.9. The first kappa shape index (κ1) is 14.2. The van der Waals surface area contributed by atoms with E-state index < -0.39 is 10.8 Å². The SMILES string of the molecule is CS(=O)c1nnn(-c2ccccc2)c1-c1ccc(Br)cc1. The number of para-hydroxylation sites is 1. The Morgan fingerprint density at radius 2 is 1.71 bits per heavy atom. The summed E-state index contributed by atoms with van der Waals surface area (Å²) in [5.41, 5.74) is 2.58. The van der Waals surface area contributed by atoms with Crippen LogP contribution in [0, 0.1) is 0 Å². The summed E-state index contributed by atoms with van der Waals surface area (Å²) in [6.07, 6.45) is 1.61. The number of rotatable bonds is 3. The van der Waals surface area contributed by atoms with Gasteiger partial charge in [0.2, 0.25) is 0 Å². The Bertz CT molecular complexity index is 784. The second kappa shape index (κ2) is 5.91. The summed E-state index contributed by atoms with van der Waals surface area (Å²) in [5, 5.41) is 8.75. The summed E-state index contributed by atoms with van der Waals surface area (Å²) >= 11 is 3.42. The van der Waals surface area contributed by atoms with Gasteiger partial charge < -0.3 is 0 Å². The molecular formula is C15H12BrN3OS. The summed E-state index contributed by atoms with van der Waals surface area (Å²) in [4.78, 5) is 0. The molecule has 0 amide bonds. The molecule has 0 aliphatic heterocycles. The van der Waals surface area contributed by atoms with Gasteiger partial charge in [-0.15, -0.1) is 5.10 Å². The van der Waals surface area contributed by atoms with Crippen molar-refractivity contribution < 1.29 is 4.21 Å².